The highest BCUT2D eigenvalue weighted by molar-refractivity contribution is 5.85. The fraction of sp³-hybridized carbons (Fsp3) is 1.00. The molecule has 0 aliphatic rings. The summed E-state index contributed by atoms with van der Waals surface area (Å²) in [5, 5.41) is 16.7. The van der Waals surface area contributed by atoms with Gasteiger partial charge in [0.1, 0.15) is 0 Å². The smallest absolute Gasteiger partial charge is 0.0207 e. The molecule has 0 aromatic heterocycles. The van der Waals surface area contributed by atoms with Crippen molar-refractivity contribution in [3.05, 3.63) is 0 Å². The predicted molar refractivity (Wildman–Crippen MR) is 73.0 cm³/mol. The fourth-order valence-corrected chi connectivity index (χ4v) is 1.82. The van der Waals surface area contributed by atoms with E-state index in [0.29, 0.717) is 0 Å². The molecule has 4 N–H and O–H groups in total. The Labute approximate surface area is 112 Å². The summed E-state index contributed by atoms with van der Waals surface area (Å²) in [6.07, 6.45) is 12.5. The molecule has 0 unspecified atom stereocenters. The van der Waals surface area contributed by atoms with Crippen molar-refractivity contribution in [1.29, 1.82) is 0 Å². The Morgan fingerprint density at radius 1 is 0.471 bits per heavy atom. The number of rotatable bonds is 13. The van der Waals surface area contributed by atoms with Crippen molar-refractivity contribution >= 4 is 12.4 Å². The van der Waals surface area contributed by atoms with E-state index in [1.54, 1.807) is 0 Å². The van der Waals surface area contributed by atoms with Crippen molar-refractivity contribution in [3.8, 4) is 0 Å². The van der Waals surface area contributed by atoms with Crippen LogP contribution in [0.3, 0.4) is 0 Å². The van der Waals surface area contributed by atoms with Crippen molar-refractivity contribution in [1.82, 2.24) is 11.0 Å². The maximum absolute atomic E-state index is 8.36. The number of unbranched alkanes of at least 4 members (excludes halogenated alkanes) is 9. The summed E-state index contributed by atoms with van der Waals surface area (Å²) in [4.78, 5) is 0. The Balaban J connectivity index is 0. The molecule has 0 aromatic rings. The van der Waals surface area contributed by atoms with Crippen LogP contribution in [0.15, 0.2) is 0 Å². The highest BCUT2D eigenvalue weighted by Gasteiger charge is 1.92. The molecule has 0 bridgehead atoms. The molecule has 106 valence electrons. The summed E-state index contributed by atoms with van der Waals surface area (Å²) in [6.45, 7) is 1.44. The topological polar surface area (TPSA) is 64.5 Å². The Bertz CT molecular complexity index is 115. The lowest BCUT2D eigenvalue weighted by Gasteiger charge is -2.02. The Kier molecular flexibility index (Phi) is 21.2. The SMILES string of the molecule is Cl.ONCCCCCCCCCCCCNO. The molecule has 0 spiro atoms. The predicted octanol–water partition coefficient (Wildman–Crippen LogP) is 3.27. The average Bonchev–Trinajstić information content (AvgIpc) is 2.31. The lowest BCUT2D eigenvalue weighted by atomic mass is 10.1. The molecule has 0 rings (SSSR count). The molecular weight excluding hydrogens is 240 g/mol. The van der Waals surface area contributed by atoms with Crippen LogP contribution >= 0.6 is 12.4 Å². The number of halogens is 1. The van der Waals surface area contributed by atoms with Gasteiger partial charge in [-0.25, -0.2) is 11.0 Å². The highest BCUT2D eigenvalue weighted by Crippen LogP contribution is 2.10. The van der Waals surface area contributed by atoms with Crippen LogP contribution in [-0.4, -0.2) is 23.5 Å². The standard InChI is InChI=1S/C12H28N2O2.ClH/c15-13-11-9-7-5-3-1-2-4-6-8-10-12-14-16;/h13-16H,1-12H2;1H. The van der Waals surface area contributed by atoms with Crippen molar-refractivity contribution in [3.63, 3.8) is 0 Å². The van der Waals surface area contributed by atoms with Crippen molar-refractivity contribution in [2.45, 2.75) is 64.2 Å². The average molecular weight is 269 g/mol. The van der Waals surface area contributed by atoms with Crippen LogP contribution in [0.5, 0.6) is 0 Å². The molecule has 0 fully saturated rings. The van der Waals surface area contributed by atoms with Crippen LogP contribution in [0, 0.1) is 0 Å². The molecule has 0 atom stereocenters. The summed E-state index contributed by atoms with van der Waals surface area (Å²) < 4.78 is 0. The maximum atomic E-state index is 8.36. The highest BCUT2D eigenvalue weighted by atomic mass is 35.5. The summed E-state index contributed by atoms with van der Waals surface area (Å²) in [7, 11) is 0. The first kappa shape index (κ1) is 19.5. The van der Waals surface area contributed by atoms with Crippen LogP contribution in [0.2, 0.25) is 0 Å². The molecule has 0 amide bonds. The van der Waals surface area contributed by atoms with Gasteiger partial charge < -0.3 is 10.4 Å². The van der Waals surface area contributed by atoms with Crippen molar-refractivity contribution in [2.24, 2.45) is 0 Å². The number of hydrogen-bond donors (Lipinski definition) is 4. The third-order valence-corrected chi connectivity index (χ3v) is 2.83. The van der Waals surface area contributed by atoms with Gasteiger partial charge in [0, 0.05) is 13.1 Å². The largest absolute Gasteiger partial charge is 0.317 e. The Hall–Kier alpha value is 0.130. The van der Waals surface area contributed by atoms with Gasteiger partial charge in [0.2, 0.25) is 0 Å². The van der Waals surface area contributed by atoms with Gasteiger partial charge in [-0.05, 0) is 12.8 Å². The van der Waals surface area contributed by atoms with Crippen molar-refractivity contribution in [2.75, 3.05) is 13.1 Å². The monoisotopic (exact) mass is 268 g/mol. The van der Waals surface area contributed by atoms with Gasteiger partial charge in [-0.1, -0.05) is 51.4 Å². The molecule has 17 heavy (non-hydrogen) atoms. The summed E-state index contributed by atoms with van der Waals surface area (Å²) in [5.74, 6) is 0. The van der Waals surface area contributed by atoms with Crippen LogP contribution < -0.4 is 11.0 Å². The van der Waals surface area contributed by atoms with E-state index in [-0.39, 0.29) is 12.4 Å². The van der Waals surface area contributed by atoms with E-state index >= 15 is 0 Å². The van der Waals surface area contributed by atoms with Crippen LogP contribution in [0.1, 0.15) is 64.2 Å². The van der Waals surface area contributed by atoms with Crippen LogP contribution in [0.25, 0.3) is 0 Å². The molecule has 5 heteroatoms. The van der Waals surface area contributed by atoms with Gasteiger partial charge >= 0.3 is 0 Å². The normalized spacial score (nSPS) is 10.2. The van der Waals surface area contributed by atoms with E-state index in [2.05, 4.69) is 11.0 Å². The first-order valence-electron chi connectivity index (χ1n) is 6.65. The maximum Gasteiger partial charge on any atom is 0.0207 e. The van der Waals surface area contributed by atoms with E-state index < -0.39 is 0 Å². The van der Waals surface area contributed by atoms with Crippen molar-refractivity contribution < 1.29 is 10.4 Å². The molecule has 0 aliphatic heterocycles. The summed E-state index contributed by atoms with van der Waals surface area (Å²) >= 11 is 0. The second-order valence-corrected chi connectivity index (χ2v) is 4.35. The Morgan fingerprint density at radius 3 is 0.941 bits per heavy atom. The second-order valence-electron chi connectivity index (χ2n) is 4.35. The van der Waals surface area contributed by atoms with Gasteiger partial charge in [-0.2, -0.15) is 0 Å². The molecule has 0 aromatic carbocycles. The van der Waals surface area contributed by atoms with E-state index in [0.717, 1.165) is 25.9 Å². The number of nitrogens with one attached hydrogen (secondary N) is 2. The summed E-state index contributed by atoms with van der Waals surface area (Å²) in [6, 6.07) is 0. The third kappa shape index (κ3) is 18.7. The number of hydrogen-bond acceptors (Lipinski definition) is 4. The zero-order valence-corrected chi connectivity index (χ0v) is 11.6. The minimum Gasteiger partial charge on any atom is -0.317 e. The van der Waals surface area contributed by atoms with E-state index in [1.165, 1.54) is 51.4 Å². The number of hydroxylamine groups is 2. The van der Waals surface area contributed by atoms with Gasteiger partial charge in [0.25, 0.3) is 0 Å². The zero-order chi connectivity index (χ0) is 11.9. The van der Waals surface area contributed by atoms with Gasteiger partial charge in [0.15, 0.2) is 0 Å². The Morgan fingerprint density at radius 2 is 0.706 bits per heavy atom. The van der Waals surface area contributed by atoms with Crippen LogP contribution in [-0.2, 0) is 0 Å². The van der Waals surface area contributed by atoms with E-state index in [1.807, 2.05) is 0 Å². The molecule has 4 nitrogen and oxygen atoms in total. The first-order chi connectivity index (χ1) is 7.91. The van der Waals surface area contributed by atoms with E-state index in [9.17, 15) is 0 Å². The third-order valence-electron chi connectivity index (χ3n) is 2.83. The quantitative estimate of drug-likeness (QED) is 0.306. The molecule has 0 aliphatic carbocycles. The molecule has 0 heterocycles. The first-order valence-corrected chi connectivity index (χ1v) is 6.65. The van der Waals surface area contributed by atoms with E-state index in [4.69, 9.17) is 10.4 Å². The minimum atomic E-state index is 0. The fourth-order valence-electron chi connectivity index (χ4n) is 1.82. The lowest BCUT2D eigenvalue weighted by molar-refractivity contribution is 0.164. The van der Waals surface area contributed by atoms with Gasteiger partial charge in [-0.15, -0.1) is 12.4 Å². The molecule has 0 radical (unpaired) electrons. The molecular formula is C12H29ClN2O2. The van der Waals surface area contributed by atoms with Crippen LogP contribution in [0.4, 0.5) is 0 Å². The van der Waals surface area contributed by atoms with Gasteiger partial charge in [0.05, 0.1) is 0 Å². The minimum absolute atomic E-state index is 0. The lowest BCUT2D eigenvalue weighted by Crippen LogP contribution is -2.08. The summed E-state index contributed by atoms with van der Waals surface area (Å²) in [5.41, 5.74) is 4.36. The zero-order valence-electron chi connectivity index (χ0n) is 10.8. The molecule has 0 saturated heterocycles. The van der Waals surface area contributed by atoms with Gasteiger partial charge in [-0.3, -0.25) is 0 Å². The second kappa shape index (κ2) is 18.5. The molecule has 0 saturated carbocycles.